The maximum Gasteiger partial charge on any atom is 0.225 e. The molecule has 3 heterocycles. The van der Waals surface area contributed by atoms with Crippen LogP contribution >= 0.6 is 11.3 Å². The molecular weight excluding hydrogens is 322 g/mol. The second kappa shape index (κ2) is 8.43. The molecule has 2 aliphatic rings. The normalized spacial score (nSPS) is 23.8. The van der Waals surface area contributed by atoms with Crippen molar-refractivity contribution in [1.82, 2.24) is 14.7 Å². The number of carbonyl (C=O) groups excluding carboxylic acids is 1. The van der Waals surface area contributed by atoms with Crippen LogP contribution in [0.3, 0.4) is 0 Å². The first kappa shape index (κ1) is 17.9. The monoisotopic (exact) mass is 351 g/mol. The second-order valence-electron chi connectivity index (χ2n) is 7.02. The second-order valence-corrected chi connectivity index (χ2v) is 8.05. The molecule has 0 radical (unpaired) electrons. The summed E-state index contributed by atoms with van der Waals surface area (Å²) in [6, 6.07) is 4.81. The van der Waals surface area contributed by atoms with Gasteiger partial charge in [0.2, 0.25) is 5.91 Å². The average molecular weight is 352 g/mol. The van der Waals surface area contributed by atoms with E-state index in [1.807, 2.05) is 4.90 Å². The SMILES string of the molecule is CC(C)N1CCO[C@@H](CC(=O)N2CCN(Cc3cccs3)CC2)C1. The topological polar surface area (TPSA) is 36.0 Å². The molecule has 2 aliphatic heterocycles. The molecule has 0 aromatic carbocycles. The summed E-state index contributed by atoms with van der Waals surface area (Å²) in [5.74, 6) is 0.251. The standard InChI is InChI=1S/C18H29N3O2S/c1-15(2)21-9-10-23-16(13-21)12-18(22)20-7-5-19(6-8-20)14-17-4-3-11-24-17/h3-4,11,15-16H,5-10,12-14H2,1-2H3/t16-/m0/s1. The Balaban J connectivity index is 1.42. The number of amides is 1. The van der Waals surface area contributed by atoms with Crippen LogP contribution in [0.15, 0.2) is 17.5 Å². The average Bonchev–Trinajstić information content (AvgIpc) is 3.08. The van der Waals surface area contributed by atoms with Crippen LogP contribution in [0.1, 0.15) is 25.1 Å². The Morgan fingerprint density at radius 1 is 1.29 bits per heavy atom. The maximum atomic E-state index is 12.6. The molecule has 2 fully saturated rings. The lowest BCUT2D eigenvalue weighted by Crippen LogP contribution is -2.51. The Kier molecular flexibility index (Phi) is 6.27. The first-order valence-corrected chi connectivity index (χ1v) is 9.88. The molecule has 1 amide bonds. The van der Waals surface area contributed by atoms with Gasteiger partial charge in [0.25, 0.3) is 0 Å². The highest BCUT2D eigenvalue weighted by molar-refractivity contribution is 7.09. The van der Waals surface area contributed by atoms with E-state index < -0.39 is 0 Å². The van der Waals surface area contributed by atoms with Gasteiger partial charge in [-0.25, -0.2) is 0 Å². The summed E-state index contributed by atoms with van der Waals surface area (Å²) in [5.41, 5.74) is 0. The summed E-state index contributed by atoms with van der Waals surface area (Å²) < 4.78 is 5.81. The molecule has 1 aromatic rings. The minimum atomic E-state index is 0.0535. The fraction of sp³-hybridized carbons (Fsp3) is 0.722. The highest BCUT2D eigenvalue weighted by atomic mass is 32.1. The number of thiophene rings is 1. The number of rotatable bonds is 5. The van der Waals surface area contributed by atoms with E-state index in [4.69, 9.17) is 4.74 Å². The third-order valence-electron chi connectivity index (χ3n) is 4.99. The highest BCUT2D eigenvalue weighted by Gasteiger charge is 2.28. The molecule has 5 nitrogen and oxygen atoms in total. The Bertz CT molecular complexity index is 512. The van der Waals surface area contributed by atoms with E-state index in [2.05, 4.69) is 41.2 Å². The molecule has 0 saturated carbocycles. The summed E-state index contributed by atoms with van der Waals surface area (Å²) in [6.45, 7) is 11.6. The fourth-order valence-corrected chi connectivity index (χ4v) is 4.18. The van der Waals surface area contributed by atoms with E-state index >= 15 is 0 Å². The van der Waals surface area contributed by atoms with Gasteiger partial charge in [0.15, 0.2) is 0 Å². The smallest absolute Gasteiger partial charge is 0.225 e. The van der Waals surface area contributed by atoms with Crippen molar-refractivity contribution in [2.75, 3.05) is 45.9 Å². The predicted molar refractivity (Wildman–Crippen MR) is 97.2 cm³/mol. The van der Waals surface area contributed by atoms with Gasteiger partial charge in [-0.2, -0.15) is 0 Å². The fourth-order valence-electron chi connectivity index (χ4n) is 3.44. The Morgan fingerprint density at radius 2 is 2.08 bits per heavy atom. The van der Waals surface area contributed by atoms with Gasteiger partial charge in [-0.1, -0.05) is 6.07 Å². The minimum Gasteiger partial charge on any atom is -0.375 e. The van der Waals surface area contributed by atoms with Crippen LogP contribution in [0.25, 0.3) is 0 Å². The molecule has 0 N–H and O–H groups in total. The Hall–Kier alpha value is -0.950. The molecule has 24 heavy (non-hydrogen) atoms. The summed E-state index contributed by atoms with van der Waals surface area (Å²) in [4.78, 5) is 20.8. The van der Waals surface area contributed by atoms with Crippen molar-refractivity contribution in [3.05, 3.63) is 22.4 Å². The van der Waals surface area contributed by atoms with Crippen LogP contribution in [0.4, 0.5) is 0 Å². The van der Waals surface area contributed by atoms with Gasteiger partial charge < -0.3 is 9.64 Å². The van der Waals surface area contributed by atoms with E-state index in [0.717, 1.165) is 52.4 Å². The van der Waals surface area contributed by atoms with Crippen LogP contribution in [0.5, 0.6) is 0 Å². The molecule has 0 aliphatic carbocycles. The third-order valence-corrected chi connectivity index (χ3v) is 5.85. The lowest BCUT2D eigenvalue weighted by Gasteiger charge is -2.38. The van der Waals surface area contributed by atoms with Gasteiger partial charge in [0, 0.05) is 56.7 Å². The van der Waals surface area contributed by atoms with Crippen molar-refractivity contribution >= 4 is 17.2 Å². The zero-order valence-corrected chi connectivity index (χ0v) is 15.6. The van der Waals surface area contributed by atoms with Crippen molar-refractivity contribution in [3.63, 3.8) is 0 Å². The highest BCUT2D eigenvalue weighted by Crippen LogP contribution is 2.16. The number of hydrogen-bond donors (Lipinski definition) is 0. The summed E-state index contributed by atoms with van der Waals surface area (Å²) >= 11 is 1.81. The zero-order chi connectivity index (χ0) is 16.9. The van der Waals surface area contributed by atoms with E-state index in [1.165, 1.54) is 4.88 Å². The molecule has 1 aromatic heterocycles. The Morgan fingerprint density at radius 3 is 2.75 bits per heavy atom. The first-order valence-electron chi connectivity index (χ1n) is 9.00. The van der Waals surface area contributed by atoms with Crippen LogP contribution in [0.2, 0.25) is 0 Å². The molecule has 2 saturated heterocycles. The third kappa shape index (κ3) is 4.79. The molecule has 134 valence electrons. The lowest BCUT2D eigenvalue weighted by molar-refractivity contribution is -0.138. The number of morpholine rings is 1. The minimum absolute atomic E-state index is 0.0535. The van der Waals surface area contributed by atoms with Gasteiger partial charge in [0.05, 0.1) is 19.1 Å². The van der Waals surface area contributed by atoms with Gasteiger partial charge >= 0.3 is 0 Å². The Labute approximate surface area is 149 Å². The quantitative estimate of drug-likeness (QED) is 0.812. The van der Waals surface area contributed by atoms with Crippen LogP contribution < -0.4 is 0 Å². The molecule has 3 rings (SSSR count). The molecular formula is C18H29N3O2S. The van der Waals surface area contributed by atoms with Gasteiger partial charge in [-0.3, -0.25) is 14.6 Å². The molecule has 0 unspecified atom stereocenters. The van der Waals surface area contributed by atoms with Crippen LogP contribution in [-0.4, -0.2) is 78.6 Å². The molecule has 1 atom stereocenters. The zero-order valence-electron chi connectivity index (χ0n) is 14.8. The van der Waals surface area contributed by atoms with Gasteiger partial charge in [-0.05, 0) is 25.3 Å². The largest absolute Gasteiger partial charge is 0.375 e. The summed E-state index contributed by atoms with van der Waals surface area (Å²) in [7, 11) is 0. The van der Waals surface area contributed by atoms with E-state index in [9.17, 15) is 4.79 Å². The van der Waals surface area contributed by atoms with Crippen LogP contribution in [-0.2, 0) is 16.1 Å². The first-order chi connectivity index (χ1) is 11.6. The van der Waals surface area contributed by atoms with Crippen molar-refractivity contribution in [1.29, 1.82) is 0 Å². The maximum absolute atomic E-state index is 12.6. The van der Waals surface area contributed by atoms with Crippen molar-refractivity contribution in [2.24, 2.45) is 0 Å². The molecule has 0 bridgehead atoms. The van der Waals surface area contributed by atoms with E-state index in [-0.39, 0.29) is 12.0 Å². The van der Waals surface area contributed by atoms with Crippen LogP contribution in [0, 0.1) is 0 Å². The van der Waals surface area contributed by atoms with Crippen molar-refractivity contribution < 1.29 is 9.53 Å². The predicted octanol–water partition coefficient (Wildman–Crippen LogP) is 1.89. The number of carbonyl (C=O) groups is 1. The van der Waals surface area contributed by atoms with Gasteiger partial charge in [0.1, 0.15) is 0 Å². The number of nitrogens with zero attached hydrogens (tertiary/aromatic N) is 3. The van der Waals surface area contributed by atoms with Gasteiger partial charge in [-0.15, -0.1) is 11.3 Å². The van der Waals surface area contributed by atoms with E-state index in [0.29, 0.717) is 12.5 Å². The van der Waals surface area contributed by atoms with Crippen molar-refractivity contribution in [2.45, 2.75) is 39.0 Å². The number of piperazine rings is 1. The number of hydrogen-bond acceptors (Lipinski definition) is 5. The lowest BCUT2D eigenvalue weighted by atomic mass is 10.1. The van der Waals surface area contributed by atoms with Crippen molar-refractivity contribution in [3.8, 4) is 0 Å². The molecule has 6 heteroatoms. The number of ether oxygens (including phenoxy) is 1. The molecule has 0 spiro atoms. The summed E-state index contributed by atoms with van der Waals surface area (Å²) in [6.07, 6.45) is 0.575. The summed E-state index contributed by atoms with van der Waals surface area (Å²) in [5, 5.41) is 2.12. The van der Waals surface area contributed by atoms with E-state index in [1.54, 1.807) is 11.3 Å².